The largest absolute Gasteiger partial charge is 0.260 e. The lowest BCUT2D eigenvalue weighted by molar-refractivity contribution is 0.221. The van der Waals surface area contributed by atoms with Crippen LogP contribution in [0.4, 0.5) is 0 Å². The molecule has 0 saturated heterocycles. The first-order valence-corrected chi connectivity index (χ1v) is 6.29. The fraction of sp³-hybridized carbons (Fsp3) is 0.615. The summed E-state index contributed by atoms with van der Waals surface area (Å²) < 4.78 is 0. The Balaban J connectivity index is 2.37. The van der Waals surface area contributed by atoms with Crippen molar-refractivity contribution in [1.82, 2.24) is 4.98 Å². The van der Waals surface area contributed by atoms with E-state index >= 15 is 0 Å². The van der Waals surface area contributed by atoms with Gasteiger partial charge in [0.05, 0.1) is 0 Å². The van der Waals surface area contributed by atoms with Crippen LogP contribution in [-0.4, -0.2) is 4.98 Å². The summed E-state index contributed by atoms with van der Waals surface area (Å²) in [6, 6.07) is 2.22. The molecule has 0 N–H and O–H groups in total. The molecule has 1 aromatic rings. The van der Waals surface area contributed by atoms with E-state index in [2.05, 4.69) is 37.5 Å². The van der Waals surface area contributed by atoms with Crippen molar-refractivity contribution in [2.75, 3.05) is 0 Å². The highest BCUT2D eigenvalue weighted by Crippen LogP contribution is 2.48. The molecule has 2 heteroatoms. The maximum absolute atomic E-state index is 4.43. The second-order valence-electron chi connectivity index (χ2n) is 4.71. The zero-order valence-corrected chi connectivity index (χ0v) is 10.5. The van der Waals surface area contributed by atoms with E-state index in [1.165, 1.54) is 43.4 Å². The highest BCUT2D eigenvalue weighted by Gasteiger charge is 2.38. The lowest BCUT2D eigenvalue weighted by Crippen LogP contribution is -2.35. The lowest BCUT2D eigenvalue weighted by Gasteiger charge is -2.43. The third-order valence-electron chi connectivity index (χ3n) is 3.68. The lowest BCUT2D eigenvalue weighted by atomic mass is 9.62. The summed E-state index contributed by atoms with van der Waals surface area (Å²) in [5, 5.41) is 0. The van der Waals surface area contributed by atoms with Crippen LogP contribution in [0.5, 0.6) is 0 Å². The smallest absolute Gasteiger partial charge is 0.0411 e. The molecule has 0 radical (unpaired) electrons. The molecule has 1 nitrogen and oxygen atoms in total. The van der Waals surface area contributed by atoms with Gasteiger partial charge in [0.1, 0.15) is 0 Å². The average Bonchev–Trinajstić information content (AvgIpc) is 2.16. The first-order valence-electron chi connectivity index (χ1n) is 5.84. The molecule has 1 aliphatic rings. The minimum absolute atomic E-state index is 0.435. The number of aromatic nitrogens is 1. The van der Waals surface area contributed by atoms with E-state index in [0.717, 1.165) is 4.90 Å². The summed E-state index contributed by atoms with van der Waals surface area (Å²) in [4.78, 5) is 5.43. The summed E-state index contributed by atoms with van der Waals surface area (Å²) in [6.07, 6.45) is 8.45. The van der Waals surface area contributed by atoms with E-state index in [9.17, 15) is 0 Å². The van der Waals surface area contributed by atoms with Crippen molar-refractivity contribution < 1.29 is 0 Å². The number of rotatable bonds is 3. The van der Waals surface area contributed by atoms with Crippen LogP contribution in [0.1, 0.15) is 50.3 Å². The molecule has 2 rings (SSSR count). The zero-order valence-electron chi connectivity index (χ0n) is 9.58. The molecule has 15 heavy (non-hydrogen) atoms. The molecule has 1 heterocycles. The van der Waals surface area contributed by atoms with E-state index in [4.69, 9.17) is 0 Å². The summed E-state index contributed by atoms with van der Waals surface area (Å²) in [5.74, 6) is 0. The number of nitrogens with zero attached hydrogens (tertiary/aromatic N) is 1. The Morgan fingerprint density at radius 1 is 1.47 bits per heavy atom. The van der Waals surface area contributed by atoms with Gasteiger partial charge < -0.3 is 0 Å². The maximum Gasteiger partial charge on any atom is 0.0411 e. The summed E-state index contributed by atoms with van der Waals surface area (Å²) in [5.41, 5.74) is 3.08. The molecule has 1 aromatic heterocycles. The summed E-state index contributed by atoms with van der Waals surface area (Å²) in [7, 11) is 0. The predicted molar refractivity (Wildman–Crippen MR) is 66.7 cm³/mol. The second-order valence-corrected chi connectivity index (χ2v) is 5.23. The molecule has 1 saturated carbocycles. The molecule has 0 spiro atoms. The van der Waals surface area contributed by atoms with Crippen molar-refractivity contribution >= 4 is 12.6 Å². The molecular formula is C13H19NS. The van der Waals surface area contributed by atoms with Gasteiger partial charge in [-0.2, -0.15) is 0 Å². The van der Waals surface area contributed by atoms with E-state index in [1.807, 2.05) is 6.20 Å². The Labute approximate surface area is 97.7 Å². The monoisotopic (exact) mass is 221 g/mol. The minimum Gasteiger partial charge on any atom is -0.260 e. The summed E-state index contributed by atoms with van der Waals surface area (Å²) in [6.45, 7) is 4.39. The van der Waals surface area contributed by atoms with Gasteiger partial charge in [0.25, 0.3) is 0 Å². The van der Waals surface area contributed by atoms with Gasteiger partial charge >= 0.3 is 0 Å². The van der Waals surface area contributed by atoms with Crippen molar-refractivity contribution in [2.45, 2.75) is 56.3 Å². The van der Waals surface area contributed by atoms with Crippen LogP contribution in [0.15, 0.2) is 17.2 Å². The topological polar surface area (TPSA) is 12.9 Å². The van der Waals surface area contributed by atoms with Gasteiger partial charge in [-0.3, -0.25) is 4.98 Å². The normalized spacial score (nSPS) is 18.6. The molecule has 0 atom stereocenters. The molecule has 1 fully saturated rings. The molecule has 1 aliphatic carbocycles. The number of hydrogen-bond acceptors (Lipinski definition) is 2. The molecular weight excluding hydrogens is 202 g/mol. The van der Waals surface area contributed by atoms with E-state index in [0.29, 0.717) is 5.41 Å². The van der Waals surface area contributed by atoms with Gasteiger partial charge in [-0.1, -0.05) is 19.8 Å². The van der Waals surface area contributed by atoms with Crippen molar-refractivity contribution in [3.63, 3.8) is 0 Å². The molecule has 0 bridgehead atoms. The fourth-order valence-corrected chi connectivity index (χ4v) is 2.98. The molecule has 0 amide bonds. The van der Waals surface area contributed by atoms with Crippen LogP contribution in [0.25, 0.3) is 0 Å². The van der Waals surface area contributed by atoms with Gasteiger partial charge in [0.2, 0.25) is 0 Å². The molecule has 0 unspecified atom stereocenters. The van der Waals surface area contributed by atoms with Crippen molar-refractivity contribution in [3.05, 3.63) is 23.5 Å². The SMILES string of the molecule is CCCC1(c2cc(S)cnc2C)CCC1. The van der Waals surface area contributed by atoms with E-state index in [-0.39, 0.29) is 0 Å². The second kappa shape index (κ2) is 4.17. The standard InChI is InChI=1S/C13H19NS/c1-3-5-13(6-4-7-13)12-8-11(15)9-14-10(12)2/h8-9,15H,3-7H2,1-2H3. The van der Waals surface area contributed by atoms with Gasteiger partial charge in [-0.25, -0.2) is 0 Å². The van der Waals surface area contributed by atoms with Crippen LogP contribution in [0.2, 0.25) is 0 Å². The highest BCUT2D eigenvalue weighted by atomic mass is 32.1. The Kier molecular flexibility index (Phi) is 3.06. The average molecular weight is 221 g/mol. The van der Waals surface area contributed by atoms with Crippen LogP contribution in [0, 0.1) is 6.92 Å². The van der Waals surface area contributed by atoms with Crippen LogP contribution >= 0.6 is 12.6 Å². The van der Waals surface area contributed by atoms with Gasteiger partial charge in [0.15, 0.2) is 0 Å². The Morgan fingerprint density at radius 3 is 2.73 bits per heavy atom. The number of thiol groups is 1. The van der Waals surface area contributed by atoms with E-state index in [1.54, 1.807) is 0 Å². The maximum atomic E-state index is 4.43. The predicted octanol–water partition coefficient (Wildman–Crippen LogP) is 3.90. The Hall–Kier alpha value is -0.500. The summed E-state index contributed by atoms with van der Waals surface area (Å²) >= 11 is 4.40. The number of aryl methyl sites for hydroxylation is 1. The first kappa shape index (κ1) is 11.0. The third kappa shape index (κ3) is 1.92. The quantitative estimate of drug-likeness (QED) is 0.764. The molecule has 0 aromatic carbocycles. The first-order chi connectivity index (χ1) is 7.18. The van der Waals surface area contributed by atoms with Crippen molar-refractivity contribution in [3.8, 4) is 0 Å². The molecule has 82 valence electrons. The van der Waals surface area contributed by atoms with E-state index < -0.39 is 0 Å². The Morgan fingerprint density at radius 2 is 2.20 bits per heavy atom. The van der Waals surface area contributed by atoms with Crippen molar-refractivity contribution in [2.24, 2.45) is 0 Å². The minimum atomic E-state index is 0.435. The fourth-order valence-electron chi connectivity index (χ4n) is 2.80. The van der Waals surface area contributed by atoms with Gasteiger partial charge in [-0.15, -0.1) is 12.6 Å². The zero-order chi connectivity index (χ0) is 10.9. The van der Waals surface area contributed by atoms with Crippen LogP contribution < -0.4 is 0 Å². The van der Waals surface area contributed by atoms with Crippen LogP contribution in [-0.2, 0) is 5.41 Å². The van der Waals surface area contributed by atoms with Crippen LogP contribution in [0.3, 0.4) is 0 Å². The Bertz CT molecular complexity index is 356. The third-order valence-corrected chi connectivity index (χ3v) is 3.93. The molecule has 0 aliphatic heterocycles. The van der Waals surface area contributed by atoms with Crippen molar-refractivity contribution in [1.29, 1.82) is 0 Å². The van der Waals surface area contributed by atoms with Gasteiger partial charge in [-0.05, 0) is 43.2 Å². The highest BCUT2D eigenvalue weighted by molar-refractivity contribution is 7.80. The number of hydrogen-bond donors (Lipinski definition) is 1. The number of pyridine rings is 1. The van der Waals surface area contributed by atoms with Gasteiger partial charge in [0, 0.05) is 16.8 Å².